The summed E-state index contributed by atoms with van der Waals surface area (Å²) in [7, 11) is -1.80. The number of esters is 1. The molecule has 0 spiro atoms. The number of carbonyl (C=O) groups excluding carboxylic acids is 1. The van der Waals surface area contributed by atoms with Crippen molar-refractivity contribution in [3.63, 3.8) is 0 Å². The van der Waals surface area contributed by atoms with Crippen LogP contribution in [0.3, 0.4) is 0 Å². The van der Waals surface area contributed by atoms with Crippen LogP contribution in [0.5, 0.6) is 0 Å². The topological polar surface area (TPSA) is 72.5 Å². The summed E-state index contributed by atoms with van der Waals surface area (Å²) >= 11 is 0. The summed E-state index contributed by atoms with van der Waals surface area (Å²) in [5.74, 6) is -0.267. The normalized spacial score (nSPS) is 12.9. The molecule has 118 valence electrons. The molecule has 0 aromatic heterocycles. The summed E-state index contributed by atoms with van der Waals surface area (Å²) in [6.07, 6.45) is 3.86. The molecule has 0 saturated heterocycles. The van der Waals surface area contributed by atoms with Crippen molar-refractivity contribution in [1.29, 1.82) is 0 Å². The molecule has 1 atom stereocenters. The van der Waals surface area contributed by atoms with Crippen LogP contribution in [0.15, 0.2) is 29.2 Å². The van der Waals surface area contributed by atoms with Gasteiger partial charge in [0.25, 0.3) is 0 Å². The zero-order valence-electron chi connectivity index (χ0n) is 12.8. The molecule has 0 heterocycles. The Balaban J connectivity index is 2.65. The lowest BCUT2D eigenvalue weighted by atomic mass is 10.1. The molecule has 0 amide bonds. The first-order valence-electron chi connectivity index (χ1n) is 6.98. The minimum atomic E-state index is -3.17. The molecule has 1 rings (SSSR count). The highest BCUT2D eigenvalue weighted by Crippen LogP contribution is 2.11. The summed E-state index contributed by atoms with van der Waals surface area (Å²) in [5, 5.41) is 3.16. The van der Waals surface area contributed by atoms with Crippen LogP contribution in [-0.2, 0) is 25.9 Å². The number of unbranched alkanes of at least 4 members (excludes halogenated alkanes) is 1. The second-order valence-electron chi connectivity index (χ2n) is 5.01. The fraction of sp³-hybridized carbons (Fsp3) is 0.533. The zero-order chi connectivity index (χ0) is 15.9. The molecule has 0 aliphatic rings. The van der Waals surface area contributed by atoms with Gasteiger partial charge >= 0.3 is 5.97 Å². The van der Waals surface area contributed by atoms with Gasteiger partial charge in [-0.3, -0.25) is 4.79 Å². The first-order chi connectivity index (χ1) is 9.88. The van der Waals surface area contributed by atoms with Crippen molar-refractivity contribution in [2.24, 2.45) is 0 Å². The summed E-state index contributed by atoms with van der Waals surface area (Å²) in [5.41, 5.74) is 0.924. The van der Waals surface area contributed by atoms with Gasteiger partial charge in [-0.2, -0.15) is 0 Å². The van der Waals surface area contributed by atoms with Gasteiger partial charge in [-0.25, -0.2) is 8.42 Å². The van der Waals surface area contributed by atoms with Crippen LogP contribution in [-0.4, -0.2) is 33.8 Å². The van der Waals surface area contributed by atoms with E-state index in [0.29, 0.717) is 11.4 Å². The van der Waals surface area contributed by atoms with Crippen LogP contribution in [0.1, 0.15) is 31.7 Å². The van der Waals surface area contributed by atoms with Crippen molar-refractivity contribution in [1.82, 2.24) is 5.32 Å². The molecule has 1 unspecified atom stereocenters. The Morgan fingerprint density at radius 1 is 1.29 bits per heavy atom. The standard InChI is InChI=1S/C15H23NO4S/c1-4-5-6-14(15(17)20-2)16-11-12-7-9-13(10-8-12)21(3,18)19/h7-10,14,16H,4-6,11H2,1-3H3. The maximum Gasteiger partial charge on any atom is 0.322 e. The van der Waals surface area contributed by atoms with Gasteiger partial charge in [0.15, 0.2) is 9.84 Å². The minimum Gasteiger partial charge on any atom is -0.468 e. The van der Waals surface area contributed by atoms with E-state index in [1.807, 2.05) is 0 Å². The van der Waals surface area contributed by atoms with Gasteiger partial charge in [-0.05, 0) is 24.1 Å². The van der Waals surface area contributed by atoms with E-state index in [4.69, 9.17) is 4.74 Å². The molecular formula is C15H23NO4S. The lowest BCUT2D eigenvalue weighted by molar-refractivity contribution is -0.143. The quantitative estimate of drug-likeness (QED) is 0.742. The number of methoxy groups -OCH3 is 1. The third-order valence-corrected chi connectivity index (χ3v) is 4.36. The number of hydrogen-bond acceptors (Lipinski definition) is 5. The summed E-state index contributed by atoms with van der Waals surface area (Å²) < 4.78 is 27.5. The van der Waals surface area contributed by atoms with Gasteiger partial charge in [-0.1, -0.05) is 31.9 Å². The third-order valence-electron chi connectivity index (χ3n) is 3.24. The second kappa shape index (κ2) is 8.14. The molecular weight excluding hydrogens is 290 g/mol. The van der Waals surface area contributed by atoms with Crippen molar-refractivity contribution in [2.75, 3.05) is 13.4 Å². The monoisotopic (exact) mass is 313 g/mol. The zero-order valence-corrected chi connectivity index (χ0v) is 13.6. The Bertz CT molecular complexity index is 552. The van der Waals surface area contributed by atoms with Crippen LogP contribution in [0.4, 0.5) is 0 Å². The van der Waals surface area contributed by atoms with Crippen LogP contribution in [0, 0.1) is 0 Å². The maximum atomic E-state index is 11.7. The summed E-state index contributed by atoms with van der Waals surface area (Å²) in [6, 6.07) is 6.32. The number of nitrogens with one attached hydrogen (secondary N) is 1. The molecule has 0 fully saturated rings. The molecule has 1 aromatic carbocycles. The Labute approximate surface area is 126 Å². The first-order valence-corrected chi connectivity index (χ1v) is 8.87. The second-order valence-corrected chi connectivity index (χ2v) is 7.03. The minimum absolute atomic E-state index is 0.267. The smallest absolute Gasteiger partial charge is 0.322 e. The van der Waals surface area contributed by atoms with Gasteiger partial charge in [0.05, 0.1) is 12.0 Å². The predicted octanol–water partition coefficient (Wildman–Crippen LogP) is 1.91. The van der Waals surface area contributed by atoms with E-state index >= 15 is 0 Å². The van der Waals surface area contributed by atoms with Gasteiger partial charge < -0.3 is 10.1 Å². The molecule has 1 N–H and O–H groups in total. The molecule has 21 heavy (non-hydrogen) atoms. The molecule has 0 saturated carbocycles. The molecule has 0 radical (unpaired) electrons. The SMILES string of the molecule is CCCCC(NCc1ccc(S(C)(=O)=O)cc1)C(=O)OC. The lowest BCUT2D eigenvalue weighted by Gasteiger charge is -2.16. The Morgan fingerprint density at radius 3 is 2.38 bits per heavy atom. The number of rotatable bonds is 8. The van der Waals surface area contributed by atoms with Crippen LogP contribution < -0.4 is 5.32 Å². The first kappa shape index (κ1) is 17.7. The summed E-state index contributed by atoms with van der Waals surface area (Å²) in [6.45, 7) is 2.56. The van der Waals surface area contributed by atoms with Crippen molar-refractivity contribution in [3.05, 3.63) is 29.8 Å². The third kappa shape index (κ3) is 5.85. The van der Waals surface area contributed by atoms with E-state index in [-0.39, 0.29) is 12.0 Å². The highest BCUT2D eigenvalue weighted by atomic mass is 32.2. The number of ether oxygens (including phenoxy) is 1. The Kier molecular flexibility index (Phi) is 6.84. The van der Waals surface area contributed by atoms with E-state index in [0.717, 1.165) is 24.8 Å². The maximum absolute atomic E-state index is 11.7. The van der Waals surface area contributed by atoms with E-state index in [2.05, 4.69) is 12.2 Å². The number of carbonyl (C=O) groups is 1. The average molecular weight is 313 g/mol. The average Bonchev–Trinajstić information content (AvgIpc) is 2.46. The molecule has 1 aromatic rings. The van der Waals surface area contributed by atoms with Crippen molar-refractivity contribution >= 4 is 15.8 Å². The molecule has 0 aliphatic carbocycles. The fourth-order valence-electron chi connectivity index (χ4n) is 1.95. The van der Waals surface area contributed by atoms with Gasteiger partial charge in [0, 0.05) is 12.8 Å². The Hall–Kier alpha value is -1.40. The van der Waals surface area contributed by atoms with Gasteiger partial charge in [0.2, 0.25) is 0 Å². The van der Waals surface area contributed by atoms with Crippen LogP contribution in [0.25, 0.3) is 0 Å². The number of hydrogen-bond donors (Lipinski definition) is 1. The van der Waals surface area contributed by atoms with Crippen molar-refractivity contribution < 1.29 is 17.9 Å². The van der Waals surface area contributed by atoms with E-state index in [9.17, 15) is 13.2 Å². The van der Waals surface area contributed by atoms with Gasteiger partial charge in [0.1, 0.15) is 6.04 Å². The Morgan fingerprint density at radius 2 is 1.90 bits per heavy atom. The lowest BCUT2D eigenvalue weighted by Crippen LogP contribution is -2.37. The summed E-state index contributed by atoms with van der Waals surface area (Å²) in [4.78, 5) is 12.0. The van der Waals surface area contributed by atoms with E-state index in [1.165, 1.54) is 13.4 Å². The van der Waals surface area contributed by atoms with Crippen molar-refractivity contribution in [2.45, 2.75) is 43.7 Å². The molecule has 6 heteroatoms. The van der Waals surface area contributed by atoms with E-state index in [1.54, 1.807) is 24.3 Å². The highest BCUT2D eigenvalue weighted by Gasteiger charge is 2.17. The number of benzene rings is 1. The largest absolute Gasteiger partial charge is 0.468 e. The molecule has 5 nitrogen and oxygen atoms in total. The molecule has 0 bridgehead atoms. The number of sulfone groups is 1. The van der Waals surface area contributed by atoms with E-state index < -0.39 is 9.84 Å². The van der Waals surface area contributed by atoms with Crippen LogP contribution in [0.2, 0.25) is 0 Å². The fourth-order valence-corrected chi connectivity index (χ4v) is 2.58. The highest BCUT2D eigenvalue weighted by molar-refractivity contribution is 7.90. The van der Waals surface area contributed by atoms with Gasteiger partial charge in [-0.15, -0.1) is 0 Å². The van der Waals surface area contributed by atoms with Crippen molar-refractivity contribution in [3.8, 4) is 0 Å². The van der Waals surface area contributed by atoms with Crippen LogP contribution >= 0.6 is 0 Å². The molecule has 0 aliphatic heterocycles. The predicted molar refractivity (Wildman–Crippen MR) is 81.7 cm³/mol.